The summed E-state index contributed by atoms with van der Waals surface area (Å²) >= 11 is 6.12. The van der Waals surface area contributed by atoms with E-state index < -0.39 is 0 Å². The number of rotatable bonds is 7. The van der Waals surface area contributed by atoms with Gasteiger partial charge in [0.1, 0.15) is 12.4 Å². The number of ether oxygens (including phenoxy) is 2. The van der Waals surface area contributed by atoms with Crippen molar-refractivity contribution in [1.29, 1.82) is 0 Å². The molecular weight excluding hydrogens is 496 g/mol. The maximum atomic E-state index is 13.7. The van der Waals surface area contributed by atoms with E-state index in [2.05, 4.69) is 5.32 Å². The van der Waals surface area contributed by atoms with Gasteiger partial charge in [-0.2, -0.15) is 0 Å². The van der Waals surface area contributed by atoms with Crippen LogP contribution in [0.3, 0.4) is 0 Å². The van der Waals surface area contributed by atoms with Gasteiger partial charge in [-0.3, -0.25) is 19.5 Å². The molecule has 1 aromatic heterocycles. The molecule has 1 saturated heterocycles. The molecule has 2 aliphatic rings. The van der Waals surface area contributed by atoms with Gasteiger partial charge in [0, 0.05) is 54.3 Å². The summed E-state index contributed by atoms with van der Waals surface area (Å²) in [7, 11) is 0. The first kappa shape index (κ1) is 25.4. The first-order chi connectivity index (χ1) is 18.0. The predicted molar refractivity (Wildman–Crippen MR) is 140 cm³/mol. The zero-order valence-corrected chi connectivity index (χ0v) is 21.2. The van der Waals surface area contributed by atoms with E-state index in [0.29, 0.717) is 67.8 Å². The van der Waals surface area contributed by atoms with Crippen LogP contribution in [0, 0.1) is 0 Å². The molecule has 1 fully saturated rings. The number of carbonyl (C=O) groups excluding carboxylic acids is 2. The molecule has 2 aromatic carbocycles. The van der Waals surface area contributed by atoms with E-state index in [1.54, 1.807) is 18.2 Å². The van der Waals surface area contributed by atoms with Crippen LogP contribution in [0.4, 0.5) is 5.69 Å². The van der Waals surface area contributed by atoms with Gasteiger partial charge in [-0.05, 0) is 24.3 Å². The van der Waals surface area contributed by atoms with E-state index in [1.807, 2.05) is 34.1 Å². The highest BCUT2D eigenvalue weighted by Gasteiger charge is 2.29. The number of para-hydroxylation sites is 1. The Labute approximate surface area is 219 Å². The molecule has 0 bridgehead atoms. The maximum Gasteiger partial charge on any atom is 0.255 e. The van der Waals surface area contributed by atoms with Crippen molar-refractivity contribution in [1.82, 2.24) is 14.8 Å². The van der Waals surface area contributed by atoms with Crippen LogP contribution >= 0.6 is 11.6 Å². The Hall–Kier alpha value is -3.24. The fourth-order valence-electron chi connectivity index (χ4n) is 4.82. The second-order valence-electron chi connectivity index (χ2n) is 9.06. The lowest BCUT2D eigenvalue weighted by Crippen LogP contribution is -2.42. The topological polar surface area (TPSA) is 104 Å². The third kappa shape index (κ3) is 5.70. The lowest BCUT2D eigenvalue weighted by atomic mass is 9.94. The normalized spacial score (nSPS) is 15.9. The second-order valence-corrected chi connectivity index (χ2v) is 9.49. The number of carbonyl (C=O) groups is 2. The van der Waals surface area contributed by atoms with Crippen molar-refractivity contribution in [2.45, 2.75) is 13.0 Å². The number of hydrogen-bond donors (Lipinski definition) is 2. The van der Waals surface area contributed by atoms with Gasteiger partial charge >= 0.3 is 0 Å². The number of halogens is 1. The number of benzene rings is 2. The fourth-order valence-corrected chi connectivity index (χ4v) is 5.00. The minimum atomic E-state index is -0.227. The average Bonchev–Trinajstić information content (AvgIpc) is 2.91. The Bertz CT molecular complexity index is 1310. The summed E-state index contributed by atoms with van der Waals surface area (Å²) in [6, 6.07) is 12.7. The Balaban J connectivity index is 1.38. The molecule has 0 atom stereocenters. The van der Waals surface area contributed by atoms with E-state index in [1.165, 1.54) is 0 Å². The Morgan fingerprint density at radius 1 is 1.14 bits per heavy atom. The third-order valence-electron chi connectivity index (χ3n) is 6.57. The Morgan fingerprint density at radius 2 is 1.95 bits per heavy atom. The van der Waals surface area contributed by atoms with Crippen LogP contribution < -0.4 is 10.1 Å². The Kier molecular flexibility index (Phi) is 7.85. The van der Waals surface area contributed by atoms with E-state index in [4.69, 9.17) is 31.2 Å². The van der Waals surface area contributed by atoms with Crippen LogP contribution in [-0.2, 0) is 22.5 Å². The summed E-state index contributed by atoms with van der Waals surface area (Å²) in [4.78, 5) is 35.4. The molecule has 3 heterocycles. The summed E-state index contributed by atoms with van der Waals surface area (Å²) in [6.07, 6.45) is 0.638. The summed E-state index contributed by atoms with van der Waals surface area (Å²) in [6.45, 7) is 3.33. The summed E-state index contributed by atoms with van der Waals surface area (Å²) in [5, 5.41) is 13.2. The van der Waals surface area contributed by atoms with Gasteiger partial charge in [0.15, 0.2) is 0 Å². The van der Waals surface area contributed by atoms with Crippen molar-refractivity contribution in [3.8, 4) is 5.75 Å². The number of pyridine rings is 1. The van der Waals surface area contributed by atoms with Crippen LogP contribution in [0.15, 0.2) is 42.5 Å². The van der Waals surface area contributed by atoms with E-state index in [-0.39, 0.29) is 31.6 Å². The van der Waals surface area contributed by atoms with E-state index in [0.717, 1.165) is 22.2 Å². The molecule has 0 radical (unpaired) electrons. The molecule has 0 unspecified atom stereocenters. The molecule has 194 valence electrons. The number of aliphatic hydroxyl groups is 1. The van der Waals surface area contributed by atoms with Crippen LogP contribution in [0.1, 0.15) is 21.6 Å². The zero-order chi connectivity index (χ0) is 25.8. The molecule has 5 rings (SSSR count). The monoisotopic (exact) mass is 524 g/mol. The average molecular weight is 525 g/mol. The minimum absolute atomic E-state index is 0.0194. The van der Waals surface area contributed by atoms with Gasteiger partial charge in [-0.1, -0.05) is 29.8 Å². The lowest BCUT2D eigenvalue weighted by molar-refractivity contribution is -0.117. The standard InChI is InChI=1S/C27H29ClN4O5/c28-18-5-6-24(37-14-11-33)23(15-18)30-25(34)17-31-8-7-22-20(16-31)26(19-3-1-2-4-21(19)29-22)27(35)32-9-12-36-13-10-32/h1-6,15,33H,7-14,16-17H2,(H,30,34). The van der Waals surface area contributed by atoms with Crippen LogP contribution in [0.25, 0.3) is 10.9 Å². The van der Waals surface area contributed by atoms with Crippen molar-refractivity contribution >= 4 is 40.0 Å². The number of hydrogen-bond acceptors (Lipinski definition) is 7. The molecule has 0 saturated carbocycles. The van der Waals surface area contributed by atoms with Gasteiger partial charge in [0.2, 0.25) is 5.91 Å². The smallest absolute Gasteiger partial charge is 0.255 e. The van der Waals surface area contributed by atoms with Crippen molar-refractivity contribution in [3.63, 3.8) is 0 Å². The minimum Gasteiger partial charge on any atom is -0.489 e. The SMILES string of the molecule is O=C(CN1CCc2nc3ccccc3c(C(=O)N3CCOCC3)c2C1)Nc1cc(Cl)ccc1OCCO. The molecule has 0 aliphatic carbocycles. The molecule has 2 amide bonds. The molecule has 2 aliphatic heterocycles. The molecule has 37 heavy (non-hydrogen) atoms. The number of nitrogens with one attached hydrogen (secondary N) is 1. The van der Waals surface area contributed by atoms with E-state index >= 15 is 0 Å². The number of fused-ring (bicyclic) bond motifs is 2. The quantitative estimate of drug-likeness (QED) is 0.489. The highest BCUT2D eigenvalue weighted by Crippen LogP contribution is 2.31. The molecule has 9 nitrogen and oxygen atoms in total. The molecule has 0 spiro atoms. The van der Waals surface area contributed by atoms with Crippen LogP contribution in [-0.4, -0.2) is 84.3 Å². The number of anilines is 1. The van der Waals surface area contributed by atoms with Gasteiger partial charge < -0.3 is 24.8 Å². The van der Waals surface area contributed by atoms with Crippen molar-refractivity contribution < 1.29 is 24.2 Å². The number of morpholine rings is 1. The second kappa shape index (κ2) is 11.4. The number of nitrogens with zero attached hydrogens (tertiary/aromatic N) is 3. The Morgan fingerprint density at radius 3 is 2.76 bits per heavy atom. The van der Waals surface area contributed by atoms with Gasteiger partial charge in [-0.25, -0.2) is 0 Å². The summed E-state index contributed by atoms with van der Waals surface area (Å²) in [5.74, 6) is 0.188. The molecule has 3 aromatic rings. The van der Waals surface area contributed by atoms with Gasteiger partial charge in [0.05, 0.1) is 43.1 Å². The highest BCUT2D eigenvalue weighted by molar-refractivity contribution is 6.31. The largest absolute Gasteiger partial charge is 0.489 e. The number of aliphatic hydroxyl groups excluding tert-OH is 1. The summed E-state index contributed by atoms with van der Waals surface area (Å²) < 4.78 is 11.0. The first-order valence-electron chi connectivity index (χ1n) is 12.4. The fraction of sp³-hybridized carbons (Fsp3) is 0.370. The molecule has 2 N–H and O–H groups in total. The van der Waals surface area contributed by atoms with Crippen molar-refractivity contribution in [2.24, 2.45) is 0 Å². The maximum absolute atomic E-state index is 13.7. The van der Waals surface area contributed by atoms with Gasteiger partial charge in [-0.15, -0.1) is 0 Å². The van der Waals surface area contributed by atoms with Crippen molar-refractivity contribution in [2.75, 3.05) is 57.9 Å². The number of aromatic nitrogens is 1. The highest BCUT2D eigenvalue weighted by atomic mass is 35.5. The van der Waals surface area contributed by atoms with E-state index in [9.17, 15) is 9.59 Å². The van der Waals surface area contributed by atoms with Crippen molar-refractivity contribution in [3.05, 3.63) is 64.3 Å². The zero-order valence-electron chi connectivity index (χ0n) is 20.4. The number of amides is 2. The first-order valence-corrected chi connectivity index (χ1v) is 12.7. The van der Waals surface area contributed by atoms with Crippen LogP contribution in [0.5, 0.6) is 5.75 Å². The molecule has 10 heteroatoms. The molecular formula is C27H29ClN4O5. The lowest BCUT2D eigenvalue weighted by Gasteiger charge is -2.32. The summed E-state index contributed by atoms with van der Waals surface area (Å²) in [5.41, 5.74) is 3.70. The third-order valence-corrected chi connectivity index (χ3v) is 6.80. The van der Waals surface area contributed by atoms with Crippen LogP contribution in [0.2, 0.25) is 5.02 Å². The predicted octanol–water partition coefficient (Wildman–Crippen LogP) is 2.73. The van der Waals surface area contributed by atoms with Gasteiger partial charge in [0.25, 0.3) is 5.91 Å².